The molecule has 2 rings (SSSR count). The van der Waals surface area contributed by atoms with Gasteiger partial charge in [0.05, 0.1) is 18.9 Å². The van der Waals surface area contributed by atoms with E-state index in [0.717, 1.165) is 31.7 Å². The summed E-state index contributed by atoms with van der Waals surface area (Å²) < 4.78 is 5.35. The SMILES string of the molecule is CC1(C)CC(O)CCN1Cc1ccco1. The van der Waals surface area contributed by atoms with Crippen molar-refractivity contribution >= 4 is 0 Å². The molecule has 1 unspecified atom stereocenters. The first-order chi connectivity index (χ1) is 7.08. The van der Waals surface area contributed by atoms with Gasteiger partial charge in [0.2, 0.25) is 0 Å². The lowest BCUT2D eigenvalue weighted by molar-refractivity contribution is -0.0104. The van der Waals surface area contributed by atoms with E-state index in [1.807, 2.05) is 12.1 Å². The van der Waals surface area contributed by atoms with Crippen molar-refractivity contribution in [2.24, 2.45) is 0 Å². The van der Waals surface area contributed by atoms with Crippen LogP contribution in [0.25, 0.3) is 0 Å². The van der Waals surface area contributed by atoms with Crippen molar-refractivity contribution in [2.45, 2.75) is 44.9 Å². The Morgan fingerprint density at radius 2 is 2.40 bits per heavy atom. The lowest BCUT2D eigenvalue weighted by Crippen LogP contribution is -2.50. The molecule has 0 aliphatic carbocycles. The van der Waals surface area contributed by atoms with E-state index in [9.17, 15) is 5.11 Å². The van der Waals surface area contributed by atoms with Crippen LogP contribution in [0.4, 0.5) is 0 Å². The Hall–Kier alpha value is -0.800. The fourth-order valence-electron chi connectivity index (χ4n) is 2.30. The Labute approximate surface area is 90.7 Å². The molecule has 3 heteroatoms. The average molecular weight is 209 g/mol. The van der Waals surface area contributed by atoms with Gasteiger partial charge in [-0.15, -0.1) is 0 Å². The molecule has 0 amide bonds. The third-order valence-electron chi connectivity index (χ3n) is 3.25. The minimum Gasteiger partial charge on any atom is -0.468 e. The van der Waals surface area contributed by atoms with E-state index in [1.54, 1.807) is 6.26 Å². The number of rotatable bonds is 2. The second kappa shape index (κ2) is 3.99. The third kappa shape index (κ3) is 2.41. The van der Waals surface area contributed by atoms with Crippen LogP contribution in [-0.4, -0.2) is 28.2 Å². The smallest absolute Gasteiger partial charge is 0.117 e. The molecule has 1 aliphatic rings. The van der Waals surface area contributed by atoms with Gasteiger partial charge in [-0.05, 0) is 38.8 Å². The number of furan rings is 1. The Balaban J connectivity index is 2.02. The summed E-state index contributed by atoms with van der Waals surface area (Å²) in [7, 11) is 0. The summed E-state index contributed by atoms with van der Waals surface area (Å²) in [5.74, 6) is 1.000. The summed E-state index contributed by atoms with van der Waals surface area (Å²) in [6.45, 7) is 6.14. The first kappa shape index (κ1) is 10.7. The highest BCUT2D eigenvalue weighted by Gasteiger charge is 2.34. The molecular formula is C12H19NO2. The van der Waals surface area contributed by atoms with Gasteiger partial charge in [0, 0.05) is 12.1 Å². The van der Waals surface area contributed by atoms with Crippen LogP contribution >= 0.6 is 0 Å². The van der Waals surface area contributed by atoms with E-state index in [0.29, 0.717) is 0 Å². The highest BCUT2D eigenvalue weighted by Crippen LogP contribution is 2.29. The molecule has 1 fully saturated rings. The lowest BCUT2D eigenvalue weighted by Gasteiger charge is -2.43. The van der Waals surface area contributed by atoms with Gasteiger partial charge in [-0.3, -0.25) is 4.90 Å². The van der Waals surface area contributed by atoms with Gasteiger partial charge >= 0.3 is 0 Å². The molecule has 0 radical (unpaired) electrons. The molecule has 84 valence electrons. The molecule has 0 saturated carbocycles. The Morgan fingerprint density at radius 1 is 1.60 bits per heavy atom. The summed E-state index contributed by atoms with van der Waals surface area (Å²) in [4.78, 5) is 2.37. The van der Waals surface area contributed by atoms with E-state index in [4.69, 9.17) is 4.42 Å². The van der Waals surface area contributed by atoms with E-state index >= 15 is 0 Å². The molecule has 0 bridgehead atoms. The normalized spacial score (nSPS) is 26.7. The topological polar surface area (TPSA) is 36.6 Å². The number of likely N-dealkylation sites (tertiary alicyclic amines) is 1. The van der Waals surface area contributed by atoms with E-state index in [-0.39, 0.29) is 11.6 Å². The number of piperidine rings is 1. The molecule has 0 spiro atoms. The van der Waals surface area contributed by atoms with Gasteiger partial charge in [-0.25, -0.2) is 0 Å². The predicted molar refractivity (Wildman–Crippen MR) is 58.4 cm³/mol. The van der Waals surface area contributed by atoms with E-state index in [1.165, 1.54) is 0 Å². The van der Waals surface area contributed by atoms with Gasteiger partial charge in [0.25, 0.3) is 0 Å². The minimum atomic E-state index is -0.146. The molecule has 15 heavy (non-hydrogen) atoms. The Morgan fingerprint density at radius 3 is 3.00 bits per heavy atom. The molecule has 2 heterocycles. The van der Waals surface area contributed by atoms with Gasteiger partial charge < -0.3 is 9.52 Å². The first-order valence-electron chi connectivity index (χ1n) is 5.53. The van der Waals surface area contributed by atoms with Gasteiger partial charge in [0.1, 0.15) is 5.76 Å². The second-order valence-corrected chi connectivity index (χ2v) is 4.96. The minimum absolute atomic E-state index is 0.0600. The molecule has 0 aromatic carbocycles. The molecule has 1 aromatic rings. The Kier molecular flexibility index (Phi) is 2.85. The summed E-state index contributed by atoms with van der Waals surface area (Å²) in [5, 5.41) is 9.64. The maximum absolute atomic E-state index is 9.64. The second-order valence-electron chi connectivity index (χ2n) is 4.96. The molecule has 1 N–H and O–H groups in total. The predicted octanol–water partition coefficient (Wildman–Crippen LogP) is 2.01. The molecule has 1 atom stereocenters. The van der Waals surface area contributed by atoms with Crippen molar-refractivity contribution in [3.05, 3.63) is 24.2 Å². The van der Waals surface area contributed by atoms with Crippen molar-refractivity contribution in [1.82, 2.24) is 4.90 Å². The van der Waals surface area contributed by atoms with Crippen molar-refractivity contribution < 1.29 is 9.52 Å². The van der Waals surface area contributed by atoms with E-state index < -0.39 is 0 Å². The number of hydrogen-bond acceptors (Lipinski definition) is 3. The molecule has 1 aliphatic heterocycles. The third-order valence-corrected chi connectivity index (χ3v) is 3.25. The summed E-state index contributed by atoms with van der Waals surface area (Å²) in [6.07, 6.45) is 3.27. The van der Waals surface area contributed by atoms with Crippen LogP contribution in [-0.2, 0) is 6.54 Å². The summed E-state index contributed by atoms with van der Waals surface area (Å²) >= 11 is 0. The average Bonchev–Trinajstić information content (AvgIpc) is 2.61. The van der Waals surface area contributed by atoms with Gasteiger partial charge in [-0.2, -0.15) is 0 Å². The summed E-state index contributed by atoms with van der Waals surface area (Å²) in [6, 6.07) is 3.92. The number of hydrogen-bond donors (Lipinski definition) is 1. The molecule has 1 aromatic heterocycles. The monoisotopic (exact) mass is 209 g/mol. The Bertz CT molecular complexity index is 305. The van der Waals surface area contributed by atoms with Crippen LogP contribution in [0.1, 0.15) is 32.4 Å². The van der Waals surface area contributed by atoms with Crippen molar-refractivity contribution in [1.29, 1.82) is 0 Å². The lowest BCUT2D eigenvalue weighted by atomic mass is 9.88. The maximum Gasteiger partial charge on any atom is 0.117 e. The fourth-order valence-corrected chi connectivity index (χ4v) is 2.30. The van der Waals surface area contributed by atoms with Crippen LogP contribution in [0.2, 0.25) is 0 Å². The number of nitrogens with zero attached hydrogens (tertiary/aromatic N) is 1. The van der Waals surface area contributed by atoms with Crippen LogP contribution in [0.15, 0.2) is 22.8 Å². The van der Waals surface area contributed by atoms with Crippen molar-refractivity contribution in [2.75, 3.05) is 6.54 Å². The van der Waals surface area contributed by atoms with Gasteiger partial charge in [0.15, 0.2) is 0 Å². The zero-order valence-corrected chi connectivity index (χ0v) is 9.44. The fraction of sp³-hybridized carbons (Fsp3) is 0.667. The number of aliphatic hydroxyl groups excluding tert-OH is 1. The van der Waals surface area contributed by atoms with Crippen LogP contribution in [0.3, 0.4) is 0 Å². The van der Waals surface area contributed by atoms with Crippen molar-refractivity contribution in [3.63, 3.8) is 0 Å². The first-order valence-corrected chi connectivity index (χ1v) is 5.53. The maximum atomic E-state index is 9.64. The zero-order chi connectivity index (χ0) is 10.9. The molecule has 3 nitrogen and oxygen atoms in total. The largest absolute Gasteiger partial charge is 0.468 e. The highest BCUT2D eigenvalue weighted by molar-refractivity contribution is 5.00. The molecule has 1 saturated heterocycles. The number of aliphatic hydroxyl groups is 1. The zero-order valence-electron chi connectivity index (χ0n) is 9.44. The highest BCUT2D eigenvalue weighted by atomic mass is 16.3. The van der Waals surface area contributed by atoms with Gasteiger partial charge in [-0.1, -0.05) is 0 Å². The van der Waals surface area contributed by atoms with Crippen molar-refractivity contribution in [3.8, 4) is 0 Å². The van der Waals surface area contributed by atoms with Crippen LogP contribution in [0, 0.1) is 0 Å². The molecular weight excluding hydrogens is 190 g/mol. The quantitative estimate of drug-likeness (QED) is 0.809. The summed E-state index contributed by atoms with van der Waals surface area (Å²) in [5.41, 5.74) is 0.0600. The van der Waals surface area contributed by atoms with Crippen LogP contribution in [0.5, 0.6) is 0 Å². The van der Waals surface area contributed by atoms with E-state index in [2.05, 4.69) is 18.7 Å². The standard InChI is InChI=1S/C12H19NO2/c1-12(2)8-10(14)5-6-13(12)9-11-4-3-7-15-11/h3-4,7,10,14H,5-6,8-9H2,1-2H3. The van der Waals surface area contributed by atoms with Crippen LogP contribution < -0.4 is 0 Å².